The summed E-state index contributed by atoms with van der Waals surface area (Å²) in [5, 5.41) is 10.6. The van der Waals surface area contributed by atoms with E-state index >= 15 is 0 Å². The van der Waals surface area contributed by atoms with Gasteiger partial charge in [0, 0.05) is 15.8 Å². The molecule has 0 aromatic heterocycles. The van der Waals surface area contributed by atoms with Gasteiger partial charge in [0.2, 0.25) is 0 Å². The Balaban J connectivity index is 0.000000149. The van der Waals surface area contributed by atoms with Gasteiger partial charge in [0.05, 0.1) is 34.0 Å². The number of nitro groups is 1. The van der Waals surface area contributed by atoms with Crippen molar-refractivity contribution >= 4 is 93.3 Å². The number of hydrogen-bond donors (Lipinski definition) is 0. The van der Waals surface area contributed by atoms with Crippen molar-refractivity contribution in [1.82, 2.24) is 0 Å². The Bertz CT molecular complexity index is 2300. The second kappa shape index (κ2) is 36.3. The quantitative estimate of drug-likeness (QED) is 0.0440. The molecule has 4 aromatic rings. The third-order valence-corrected chi connectivity index (χ3v) is 30.1. The first-order valence-corrected chi connectivity index (χ1v) is 44.1. The molecule has 0 aliphatic heterocycles. The molecule has 13 heteroatoms. The van der Waals surface area contributed by atoms with Crippen molar-refractivity contribution in [1.29, 1.82) is 0 Å². The zero-order valence-electron chi connectivity index (χ0n) is 45.7. The fraction of sp³-hybridized carbons (Fsp3) is 0.562. The number of nitro benzene ring substituents is 1. The van der Waals surface area contributed by atoms with Crippen LogP contribution in [0.4, 0.5) is 17.1 Å². The number of benzene rings is 4. The summed E-state index contributed by atoms with van der Waals surface area (Å²) in [7, 11) is 23.5. The number of nitrogens with zero attached hydrogens (tertiary/aromatic N) is 3. The topological polar surface area (TPSA) is 67.9 Å². The summed E-state index contributed by atoms with van der Waals surface area (Å²) in [4.78, 5) is 19.0. The third-order valence-electron chi connectivity index (χ3n) is 17.3. The number of para-hydroxylation sites is 2. The molecule has 77 heavy (non-hydrogen) atoms. The van der Waals surface area contributed by atoms with Crippen LogP contribution in [0.2, 0.25) is 0 Å². The summed E-state index contributed by atoms with van der Waals surface area (Å²) in [6.07, 6.45) is 51.1. The third kappa shape index (κ3) is 22.4. The molecular weight excluding hydrogens is 1250 g/mol. The van der Waals surface area contributed by atoms with E-state index in [0.717, 1.165) is 33.6 Å². The van der Waals surface area contributed by atoms with Crippen LogP contribution in [-0.4, -0.2) is 60.5 Å². The number of halogens is 4. The maximum absolute atomic E-state index is 10.6. The van der Waals surface area contributed by atoms with Gasteiger partial charge in [-0.1, -0.05) is 38.5 Å². The SMILES string of the molecule is C1CCC([PH+](C2CCCCC2)C2CCCCC2)CC1.C1CCC([PH+](C2CCCCC2)C2CCCCC2)CC1.O=[N+]([O-])c1ccc(C=Nc2ccccc2[CH]=[Ru]([Cl])[Cl])cc1.[Cl][Ru]([Cl])=[CH]c1ccccc1N=Cc1ccccc1. The van der Waals surface area contributed by atoms with Gasteiger partial charge in [0.15, 0.2) is 0 Å². The van der Waals surface area contributed by atoms with Gasteiger partial charge >= 0.3 is 255 Å². The molecule has 0 spiro atoms. The van der Waals surface area contributed by atoms with Crippen LogP contribution >= 0.6 is 54.6 Å². The van der Waals surface area contributed by atoms with Crippen molar-refractivity contribution in [3.8, 4) is 0 Å². The Morgan fingerprint density at radius 3 is 0.948 bits per heavy atom. The van der Waals surface area contributed by atoms with Crippen LogP contribution < -0.4 is 0 Å². The summed E-state index contributed by atoms with van der Waals surface area (Å²) < 4.78 is 3.74. The van der Waals surface area contributed by atoms with Crippen LogP contribution in [0.15, 0.2) is 113 Å². The van der Waals surface area contributed by atoms with E-state index in [9.17, 15) is 10.1 Å². The van der Waals surface area contributed by atoms with Crippen molar-refractivity contribution in [2.45, 2.75) is 227 Å². The van der Waals surface area contributed by atoms with Crippen molar-refractivity contribution in [3.63, 3.8) is 0 Å². The molecule has 0 unspecified atom stereocenters. The molecular formula is C64H89Cl4N3O2P2Ru2+2. The van der Waals surface area contributed by atoms with Crippen LogP contribution in [0.5, 0.6) is 0 Å². The van der Waals surface area contributed by atoms with Gasteiger partial charge < -0.3 is 0 Å². The fourth-order valence-corrected chi connectivity index (χ4v) is 27.8. The molecule has 10 rings (SSSR count). The van der Waals surface area contributed by atoms with Gasteiger partial charge in [-0.15, -0.1) is 0 Å². The molecule has 0 heterocycles. The van der Waals surface area contributed by atoms with Gasteiger partial charge in [-0.2, -0.15) is 0 Å². The van der Waals surface area contributed by atoms with Gasteiger partial charge in [0.25, 0.3) is 0 Å². The molecule has 6 aliphatic rings. The van der Waals surface area contributed by atoms with E-state index < -0.39 is 32.0 Å². The molecule has 5 nitrogen and oxygen atoms in total. The average molecular weight is 1340 g/mol. The van der Waals surface area contributed by atoms with Gasteiger partial charge in [-0.3, -0.25) is 0 Å². The molecule has 0 saturated heterocycles. The zero-order valence-corrected chi connectivity index (χ0v) is 54.2. The van der Waals surface area contributed by atoms with Crippen molar-refractivity contribution in [2.75, 3.05) is 0 Å². The van der Waals surface area contributed by atoms with Crippen LogP contribution in [0, 0.1) is 10.1 Å². The molecule has 0 bridgehead atoms. The van der Waals surface area contributed by atoms with E-state index in [2.05, 4.69) is 9.98 Å². The van der Waals surface area contributed by atoms with Crippen molar-refractivity contribution in [3.05, 3.63) is 135 Å². The number of aliphatic imine (C=N–C) groups is 2. The molecule has 0 N–H and O–H groups in total. The van der Waals surface area contributed by atoms with E-state index in [1.165, 1.54) is 46.1 Å². The molecule has 0 atom stereocenters. The molecule has 6 aliphatic carbocycles. The summed E-state index contributed by atoms with van der Waals surface area (Å²) in [5.74, 6) is 0. The molecule has 424 valence electrons. The zero-order chi connectivity index (χ0) is 53.9. The molecule has 0 amide bonds. The monoisotopic (exact) mass is 1340 g/mol. The van der Waals surface area contributed by atoms with Gasteiger partial charge in [-0.05, 0) is 154 Å². The minimum atomic E-state index is -1.91. The Hall–Kier alpha value is -1.37. The predicted octanol–water partition coefficient (Wildman–Crippen LogP) is 21.3. The predicted molar refractivity (Wildman–Crippen MR) is 339 cm³/mol. The Morgan fingerprint density at radius 2 is 0.662 bits per heavy atom. The van der Waals surface area contributed by atoms with Gasteiger partial charge in [0.1, 0.15) is 0 Å². The van der Waals surface area contributed by atoms with E-state index in [-0.39, 0.29) is 21.5 Å². The second-order valence-electron chi connectivity index (χ2n) is 22.5. The number of hydrogen-bond acceptors (Lipinski definition) is 4. The van der Waals surface area contributed by atoms with Crippen LogP contribution in [0.3, 0.4) is 0 Å². The number of rotatable bonds is 13. The standard InChI is InChI=1S/2C18H33P.C14H10N2O2.C14H11N.4ClH.2Ru/c2*1-4-10-16(11-5-1)19(17-12-6-2-7-13-17)18-14-8-3-9-15-18;1-11-4-2-3-5-14(11)15-10-12-6-8-13(9-7-12)16(17)18;1-12-7-5-6-10-14(12)15-11-13-8-3-2-4-9-13;;;;;;/h2*16-18H,1-15H2;1-10H;1-11H;4*1H;;/q;;;;;;;;2*+2/p-2. The second-order valence-corrected chi connectivity index (χ2v) is 40.9. The molecule has 4 aromatic carbocycles. The van der Waals surface area contributed by atoms with E-state index in [0.29, 0.717) is 0 Å². The Labute approximate surface area is 493 Å². The van der Waals surface area contributed by atoms with Gasteiger partial charge in [-0.25, -0.2) is 0 Å². The van der Waals surface area contributed by atoms with E-state index in [1.807, 2.05) is 94.3 Å². The molecule has 0 radical (unpaired) electrons. The first kappa shape index (κ1) is 63.2. The van der Waals surface area contributed by atoms with Crippen LogP contribution in [0.1, 0.15) is 215 Å². The maximum atomic E-state index is 10.6. The Kier molecular flexibility index (Phi) is 29.8. The first-order valence-electron chi connectivity index (χ1n) is 29.7. The van der Waals surface area contributed by atoms with Crippen molar-refractivity contribution < 1.29 is 32.0 Å². The summed E-state index contributed by atoms with van der Waals surface area (Å²) in [6, 6.07) is 31.5. The normalized spacial score (nSPS) is 20.1. The number of non-ortho nitro benzene ring substituents is 1. The average Bonchev–Trinajstić information content (AvgIpc) is 3.47. The van der Waals surface area contributed by atoms with Crippen LogP contribution in [0.25, 0.3) is 0 Å². The Morgan fingerprint density at radius 1 is 0.390 bits per heavy atom. The summed E-state index contributed by atoms with van der Waals surface area (Å²) >= 11 is -3.73. The van der Waals surface area contributed by atoms with E-state index in [4.69, 9.17) is 38.8 Å². The first-order chi connectivity index (χ1) is 37.7. The summed E-state index contributed by atoms with van der Waals surface area (Å²) in [6.45, 7) is 0. The minimum absolute atomic E-state index is 0.0465. The van der Waals surface area contributed by atoms with E-state index in [1.54, 1.807) is 211 Å². The molecule has 6 saturated carbocycles. The van der Waals surface area contributed by atoms with Crippen molar-refractivity contribution in [2.24, 2.45) is 9.98 Å². The van der Waals surface area contributed by atoms with Crippen LogP contribution in [-0.2, 0) is 27.0 Å². The fourth-order valence-electron chi connectivity index (χ4n) is 13.7. The summed E-state index contributed by atoms with van der Waals surface area (Å²) in [5.41, 5.74) is 12.8. The molecule has 6 fully saturated rings.